The van der Waals surface area contributed by atoms with Crippen molar-refractivity contribution in [3.8, 4) is 5.75 Å². The molecule has 1 atom stereocenters. The number of carboxylic acids is 1. The average Bonchev–Trinajstić information content (AvgIpc) is 2.46. The molecule has 3 heteroatoms. The van der Waals surface area contributed by atoms with Crippen LogP contribution in [0.4, 0.5) is 0 Å². The minimum Gasteiger partial charge on any atom is -0.493 e. The Balaban J connectivity index is 2.06. The number of hydrogen-bond donors (Lipinski definition) is 1. The Kier molecular flexibility index (Phi) is 5.43. The molecule has 0 aliphatic heterocycles. The Morgan fingerprint density at radius 3 is 2.09 bits per heavy atom. The van der Waals surface area contributed by atoms with E-state index in [1.165, 1.54) is 5.56 Å². The number of ether oxygens (including phenoxy) is 1. The van der Waals surface area contributed by atoms with Crippen LogP contribution >= 0.6 is 0 Å². The smallest absolute Gasteiger partial charge is 0.311 e. The first-order valence-corrected chi connectivity index (χ1v) is 7.88. The Morgan fingerprint density at radius 2 is 1.57 bits per heavy atom. The molecule has 0 aliphatic rings. The highest BCUT2D eigenvalue weighted by Gasteiger charge is 2.20. The molecule has 0 aromatic heterocycles. The fraction of sp³-hybridized carbons (Fsp3) is 0.350. The van der Waals surface area contributed by atoms with Gasteiger partial charge in [0.05, 0.1) is 12.5 Å². The van der Waals surface area contributed by atoms with E-state index in [-0.39, 0.29) is 0 Å². The number of aryl methyl sites for hydroxylation is 4. The van der Waals surface area contributed by atoms with E-state index >= 15 is 0 Å². The summed E-state index contributed by atoms with van der Waals surface area (Å²) < 4.78 is 5.89. The monoisotopic (exact) mass is 312 g/mol. The van der Waals surface area contributed by atoms with E-state index in [1.807, 2.05) is 45.0 Å². The van der Waals surface area contributed by atoms with Crippen molar-refractivity contribution in [2.75, 3.05) is 6.61 Å². The molecule has 2 aromatic carbocycles. The van der Waals surface area contributed by atoms with Crippen LogP contribution in [0.3, 0.4) is 0 Å². The quantitative estimate of drug-likeness (QED) is 0.850. The van der Waals surface area contributed by atoms with Crippen molar-refractivity contribution in [3.63, 3.8) is 0 Å². The third kappa shape index (κ3) is 4.35. The third-order valence-electron chi connectivity index (χ3n) is 4.04. The van der Waals surface area contributed by atoms with Gasteiger partial charge >= 0.3 is 5.97 Å². The summed E-state index contributed by atoms with van der Waals surface area (Å²) in [5.74, 6) is -0.486. The van der Waals surface area contributed by atoms with Crippen molar-refractivity contribution < 1.29 is 14.6 Å². The zero-order valence-electron chi connectivity index (χ0n) is 14.2. The van der Waals surface area contributed by atoms with Gasteiger partial charge in [-0.25, -0.2) is 0 Å². The maximum atomic E-state index is 11.6. The van der Waals surface area contributed by atoms with Gasteiger partial charge in [-0.15, -0.1) is 0 Å². The van der Waals surface area contributed by atoms with Crippen LogP contribution in [0.25, 0.3) is 0 Å². The van der Waals surface area contributed by atoms with Crippen LogP contribution in [0.2, 0.25) is 0 Å². The highest BCUT2D eigenvalue weighted by molar-refractivity contribution is 5.76. The summed E-state index contributed by atoms with van der Waals surface area (Å²) in [6.45, 7) is 8.47. The molecule has 0 saturated carbocycles. The molecule has 0 fully saturated rings. The van der Waals surface area contributed by atoms with Crippen LogP contribution < -0.4 is 4.74 Å². The SMILES string of the molecule is Cc1ccc(C(CCOc2c(C)cc(C)cc2C)C(=O)O)cc1. The standard InChI is InChI=1S/C20H24O3/c1-13-5-7-17(8-6-13)18(20(21)22)9-10-23-19-15(3)11-14(2)12-16(19)4/h5-8,11-12,18H,9-10H2,1-4H3,(H,21,22). The van der Waals surface area contributed by atoms with E-state index in [0.717, 1.165) is 28.0 Å². The largest absolute Gasteiger partial charge is 0.493 e. The first-order chi connectivity index (χ1) is 10.9. The van der Waals surface area contributed by atoms with Gasteiger partial charge < -0.3 is 9.84 Å². The minimum absolute atomic E-state index is 0.385. The van der Waals surface area contributed by atoms with Gasteiger partial charge in [0.2, 0.25) is 0 Å². The number of carboxylic acid groups (broad SMARTS) is 1. The Labute approximate surface area is 137 Å². The second-order valence-electron chi connectivity index (χ2n) is 6.17. The predicted molar refractivity (Wildman–Crippen MR) is 92.3 cm³/mol. The third-order valence-corrected chi connectivity index (χ3v) is 4.04. The second-order valence-corrected chi connectivity index (χ2v) is 6.17. The summed E-state index contributed by atoms with van der Waals surface area (Å²) >= 11 is 0. The molecule has 1 unspecified atom stereocenters. The molecule has 0 amide bonds. The van der Waals surface area contributed by atoms with Crippen LogP contribution in [-0.4, -0.2) is 17.7 Å². The maximum Gasteiger partial charge on any atom is 0.311 e. The van der Waals surface area contributed by atoms with E-state index in [0.29, 0.717) is 13.0 Å². The number of carbonyl (C=O) groups is 1. The fourth-order valence-electron chi connectivity index (χ4n) is 2.90. The predicted octanol–water partition coefficient (Wildman–Crippen LogP) is 4.56. The Morgan fingerprint density at radius 1 is 1.00 bits per heavy atom. The van der Waals surface area contributed by atoms with Crippen LogP contribution in [0.15, 0.2) is 36.4 Å². The Hall–Kier alpha value is -2.29. The molecule has 2 aromatic rings. The van der Waals surface area contributed by atoms with E-state index in [2.05, 4.69) is 19.1 Å². The van der Waals surface area contributed by atoms with Crippen molar-refractivity contribution in [3.05, 3.63) is 64.2 Å². The maximum absolute atomic E-state index is 11.6. The van der Waals surface area contributed by atoms with Gasteiger partial charge in [0.15, 0.2) is 0 Å². The van der Waals surface area contributed by atoms with E-state index in [4.69, 9.17) is 4.74 Å². The Bertz CT molecular complexity index is 664. The summed E-state index contributed by atoms with van der Waals surface area (Å²) in [6, 6.07) is 11.8. The molecule has 0 spiro atoms. The summed E-state index contributed by atoms with van der Waals surface area (Å²) in [5.41, 5.74) is 5.33. The van der Waals surface area contributed by atoms with Gasteiger partial charge in [-0.2, -0.15) is 0 Å². The first kappa shape index (κ1) is 17.1. The summed E-state index contributed by atoms with van der Waals surface area (Å²) in [6.07, 6.45) is 0.450. The zero-order chi connectivity index (χ0) is 17.0. The van der Waals surface area contributed by atoms with E-state index in [9.17, 15) is 9.90 Å². The fourth-order valence-corrected chi connectivity index (χ4v) is 2.90. The van der Waals surface area contributed by atoms with Crippen LogP contribution in [0.5, 0.6) is 5.75 Å². The molecule has 2 rings (SSSR count). The number of hydrogen-bond acceptors (Lipinski definition) is 2. The molecule has 0 bridgehead atoms. The van der Waals surface area contributed by atoms with Crippen molar-refractivity contribution in [2.45, 2.75) is 40.0 Å². The minimum atomic E-state index is -0.810. The topological polar surface area (TPSA) is 46.5 Å². The van der Waals surface area contributed by atoms with Gasteiger partial charge in [-0.3, -0.25) is 4.79 Å². The molecule has 0 radical (unpaired) electrons. The molecular formula is C20H24O3. The van der Waals surface area contributed by atoms with Gasteiger partial charge in [-0.1, -0.05) is 47.5 Å². The number of aliphatic carboxylic acids is 1. The summed E-state index contributed by atoms with van der Waals surface area (Å²) in [7, 11) is 0. The lowest BCUT2D eigenvalue weighted by atomic mass is 9.95. The normalized spacial score (nSPS) is 12.0. The summed E-state index contributed by atoms with van der Waals surface area (Å²) in [5, 5.41) is 9.48. The lowest BCUT2D eigenvalue weighted by molar-refractivity contribution is -0.139. The molecular weight excluding hydrogens is 288 g/mol. The summed E-state index contributed by atoms with van der Waals surface area (Å²) in [4.78, 5) is 11.6. The average molecular weight is 312 g/mol. The molecule has 122 valence electrons. The zero-order valence-corrected chi connectivity index (χ0v) is 14.2. The van der Waals surface area contributed by atoms with Crippen LogP contribution in [-0.2, 0) is 4.79 Å². The van der Waals surface area contributed by atoms with Gasteiger partial charge in [-0.05, 0) is 50.8 Å². The first-order valence-electron chi connectivity index (χ1n) is 7.88. The second kappa shape index (κ2) is 7.32. The molecule has 23 heavy (non-hydrogen) atoms. The lowest BCUT2D eigenvalue weighted by Gasteiger charge is -2.16. The van der Waals surface area contributed by atoms with E-state index in [1.54, 1.807) is 0 Å². The van der Waals surface area contributed by atoms with Crippen molar-refractivity contribution in [2.24, 2.45) is 0 Å². The number of benzene rings is 2. The van der Waals surface area contributed by atoms with Gasteiger partial charge in [0, 0.05) is 0 Å². The van der Waals surface area contributed by atoms with E-state index < -0.39 is 11.9 Å². The van der Waals surface area contributed by atoms with Crippen molar-refractivity contribution >= 4 is 5.97 Å². The molecule has 0 saturated heterocycles. The van der Waals surface area contributed by atoms with Crippen LogP contribution in [0.1, 0.15) is 40.2 Å². The van der Waals surface area contributed by atoms with Gasteiger partial charge in [0.1, 0.15) is 5.75 Å². The lowest BCUT2D eigenvalue weighted by Crippen LogP contribution is -2.15. The molecule has 0 heterocycles. The highest BCUT2D eigenvalue weighted by Crippen LogP contribution is 2.26. The van der Waals surface area contributed by atoms with Crippen molar-refractivity contribution in [1.82, 2.24) is 0 Å². The molecule has 3 nitrogen and oxygen atoms in total. The van der Waals surface area contributed by atoms with Crippen LogP contribution in [0, 0.1) is 27.7 Å². The molecule has 1 N–H and O–H groups in total. The van der Waals surface area contributed by atoms with Gasteiger partial charge in [0.25, 0.3) is 0 Å². The molecule has 0 aliphatic carbocycles. The van der Waals surface area contributed by atoms with Crippen molar-refractivity contribution in [1.29, 1.82) is 0 Å². The highest BCUT2D eigenvalue weighted by atomic mass is 16.5. The number of rotatable bonds is 6.